The maximum absolute atomic E-state index is 13.9. The van der Waals surface area contributed by atoms with E-state index in [-0.39, 0.29) is 25.3 Å². The van der Waals surface area contributed by atoms with Crippen LogP contribution in [-0.4, -0.2) is 74.1 Å². The van der Waals surface area contributed by atoms with Gasteiger partial charge in [0.1, 0.15) is 16.7 Å². The zero-order valence-electron chi connectivity index (χ0n) is 22.3. The molecule has 2 aromatic rings. The van der Waals surface area contributed by atoms with E-state index >= 15 is 0 Å². The first-order valence-corrected chi connectivity index (χ1v) is 15.9. The van der Waals surface area contributed by atoms with Crippen molar-refractivity contribution in [1.29, 1.82) is 0 Å². The molecule has 3 aliphatic rings. The topological polar surface area (TPSA) is 88.2 Å². The number of hydrogen-bond donors (Lipinski definition) is 1. The van der Waals surface area contributed by atoms with Crippen LogP contribution in [0.5, 0.6) is 5.75 Å². The van der Waals surface area contributed by atoms with Crippen LogP contribution in [-0.2, 0) is 32.3 Å². The number of sulfonamides is 1. The lowest BCUT2D eigenvalue weighted by Crippen LogP contribution is -2.59. The monoisotopic (exact) mass is 601 g/mol. The Labute approximate surface area is 236 Å². The fourth-order valence-corrected chi connectivity index (χ4v) is 8.25. The number of alkyl halides is 3. The van der Waals surface area contributed by atoms with E-state index in [0.717, 1.165) is 36.1 Å². The van der Waals surface area contributed by atoms with Crippen LogP contribution in [0, 0.1) is 0 Å². The van der Waals surface area contributed by atoms with Crippen molar-refractivity contribution in [3.05, 3.63) is 46.2 Å². The van der Waals surface area contributed by atoms with Gasteiger partial charge in [0.25, 0.3) is 0 Å². The van der Waals surface area contributed by atoms with Gasteiger partial charge in [0.2, 0.25) is 15.9 Å². The average molecular weight is 602 g/mol. The van der Waals surface area contributed by atoms with Gasteiger partial charge < -0.3 is 14.8 Å². The number of nitrogens with one attached hydrogen (secondary N) is 1. The van der Waals surface area contributed by atoms with Crippen molar-refractivity contribution in [2.45, 2.75) is 74.3 Å². The molecule has 5 rings (SSSR count). The highest BCUT2D eigenvalue weighted by atomic mass is 32.2. The number of benzene rings is 1. The minimum absolute atomic E-state index is 0.0476. The maximum Gasteiger partial charge on any atom is 0.416 e. The second kappa shape index (κ2) is 11.6. The molecule has 2 fully saturated rings. The molecule has 40 heavy (non-hydrogen) atoms. The molecular weight excluding hydrogens is 567 g/mol. The Morgan fingerprint density at radius 2 is 1.98 bits per heavy atom. The molecule has 13 heteroatoms. The van der Waals surface area contributed by atoms with Crippen molar-refractivity contribution in [3.63, 3.8) is 0 Å². The number of halogens is 3. The SMILES string of the molecule is CCCO[C@@H]1C[C@H]2C(=O)NC3(CCOc4ccc(C(F)(F)F)cc4S(=O)(=O)N2C1)CCN(Cc1cccs1)CC3. The summed E-state index contributed by atoms with van der Waals surface area (Å²) in [5, 5.41) is 5.21. The van der Waals surface area contributed by atoms with Crippen molar-refractivity contribution < 1.29 is 35.9 Å². The number of carbonyl (C=O) groups excluding carboxylic acids is 1. The Bertz CT molecular complexity index is 1290. The molecule has 1 amide bonds. The maximum atomic E-state index is 13.9. The number of ether oxygens (including phenoxy) is 2. The smallest absolute Gasteiger partial charge is 0.416 e. The average Bonchev–Trinajstić information content (AvgIpc) is 3.58. The van der Waals surface area contributed by atoms with Gasteiger partial charge in [0, 0.05) is 56.0 Å². The van der Waals surface area contributed by atoms with Crippen LogP contribution in [0.1, 0.15) is 49.5 Å². The predicted molar refractivity (Wildman–Crippen MR) is 144 cm³/mol. The minimum Gasteiger partial charge on any atom is -0.492 e. The molecule has 0 radical (unpaired) electrons. The third-order valence-electron chi connectivity index (χ3n) is 7.93. The van der Waals surface area contributed by atoms with Crippen molar-refractivity contribution in [2.75, 3.05) is 32.8 Å². The minimum atomic E-state index is -4.74. The number of nitrogens with zero attached hydrogens (tertiary/aromatic N) is 2. The van der Waals surface area contributed by atoms with Crippen LogP contribution in [0.15, 0.2) is 40.6 Å². The number of likely N-dealkylation sites (tertiary alicyclic amines) is 1. The Hall–Kier alpha value is -2.19. The zero-order valence-corrected chi connectivity index (χ0v) is 23.9. The number of piperidine rings is 1. The van der Waals surface area contributed by atoms with E-state index in [1.54, 1.807) is 11.3 Å². The summed E-state index contributed by atoms with van der Waals surface area (Å²) in [4.78, 5) is 16.8. The highest BCUT2D eigenvalue weighted by Gasteiger charge is 2.48. The predicted octanol–water partition coefficient (Wildman–Crippen LogP) is 4.26. The Morgan fingerprint density at radius 1 is 1.20 bits per heavy atom. The van der Waals surface area contributed by atoms with Gasteiger partial charge in [-0.05, 0) is 48.9 Å². The fourth-order valence-electron chi connectivity index (χ4n) is 5.71. The van der Waals surface area contributed by atoms with E-state index < -0.39 is 50.3 Å². The molecule has 2 atom stereocenters. The molecule has 2 saturated heterocycles. The molecule has 0 unspecified atom stereocenters. The highest BCUT2D eigenvalue weighted by molar-refractivity contribution is 7.89. The lowest BCUT2D eigenvalue weighted by Gasteiger charge is -2.43. The van der Waals surface area contributed by atoms with E-state index in [2.05, 4.69) is 16.3 Å². The van der Waals surface area contributed by atoms with Crippen molar-refractivity contribution >= 4 is 27.3 Å². The van der Waals surface area contributed by atoms with Gasteiger partial charge in [0.05, 0.1) is 18.3 Å². The molecule has 4 heterocycles. The van der Waals surface area contributed by atoms with Gasteiger partial charge in [-0.15, -0.1) is 11.3 Å². The lowest BCUT2D eigenvalue weighted by molar-refractivity contribution is -0.137. The number of rotatable bonds is 5. The van der Waals surface area contributed by atoms with E-state index in [0.29, 0.717) is 38.4 Å². The Kier molecular flexibility index (Phi) is 8.49. The van der Waals surface area contributed by atoms with Crippen LogP contribution >= 0.6 is 11.3 Å². The van der Waals surface area contributed by atoms with Crippen LogP contribution < -0.4 is 10.1 Å². The first kappa shape index (κ1) is 29.3. The molecule has 0 bridgehead atoms. The van der Waals surface area contributed by atoms with Crippen LogP contribution in [0.2, 0.25) is 0 Å². The van der Waals surface area contributed by atoms with E-state index in [1.165, 1.54) is 4.88 Å². The summed E-state index contributed by atoms with van der Waals surface area (Å²) in [6.45, 7) is 4.51. The molecule has 1 aromatic heterocycles. The van der Waals surface area contributed by atoms with E-state index in [4.69, 9.17) is 9.47 Å². The van der Waals surface area contributed by atoms with Crippen LogP contribution in [0.25, 0.3) is 0 Å². The number of carbonyl (C=O) groups is 1. The van der Waals surface area contributed by atoms with Gasteiger partial charge in [0.15, 0.2) is 0 Å². The number of amides is 1. The third-order valence-corrected chi connectivity index (χ3v) is 10.7. The summed E-state index contributed by atoms with van der Waals surface area (Å²) < 4.78 is 81.2. The number of thiophene rings is 1. The summed E-state index contributed by atoms with van der Waals surface area (Å²) in [6.07, 6.45) is -2.78. The first-order valence-electron chi connectivity index (χ1n) is 13.5. The Morgan fingerprint density at radius 3 is 2.65 bits per heavy atom. The van der Waals surface area contributed by atoms with Crippen molar-refractivity contribution in [3.8, 4) is 5.75 Å². The fraction of sp³-hybridized carbons (Fsp3) is 0.593. The molecule has 3 aliphatic heterocycles. The van der Waals surface area contributed by atoms with Gasteiger partial charge in [-0.25, -0.2) is 8.42 Å². The summed E-state index contributed by atoms with van der Waals surface area (Å²) in [5.74, 6) is -0.599. The largest absolute Gasteiger partial charge is 0.492 e. The molecule has 0 aliphatic carbocycles. The quantitative estimate of drug-likeness (QED) is 0.551. The Balaban J connectivity index is 1.47. The number of fused-ring (bicyclic) bond motifs is 2. The molecule has 8 nitrogen and oxygen atoms in total. The molecule has 1 spiro atoms. The number of hydrogen-bond acceptors (Lipinski definition) is 7. The first-order chi connectivity index (χ1) is 19.0. The zero-order chi connectivity index (χ0) is 28.5. The second-order valence-corrected chi connectivity index (χ2v) is 13.6. The van der Waals surface area contributed by atoms with Crippen LogP contribution in [0.3, 0.4) is 0 Å². The van der Waals surface area contributed by atoms with E-state index in [1.807, 2.05) is 18.4 Å². The van der Waals surface area contributed by atoms with Crippen molar-refractivity contribution in [1.82, 2.24) is 14.5 Å². The van der Waals surface area contributed by atoms with Gasteiger partial charge in [-0.2, -0.15) is 17.5 Å². The summed E-state index contributed by atoms with van der Waals surface area (Å²) in [7, 11) is -4.53. The van der Waals surface area contributed by atoms with Crippen molar-refractivity contribution in [2.24, 2.45) is 0 Å². The highest BCUT2D eigenvalue weighted by Crippen LogP contribution is 2.39. The molecule has 0 saturated carbocycles. The standard InChI is InChI=1S/C27H34F3N3O5S2/c1-2-12-37-20-16-22-25(34)31-26(7-10-32(11-8-26)18-21-4-3-14-39-21)9-13-38-23-6-5-19(27(28,29)30)15-24(23)40(35,36)33(22)17-20/h3-6,14-15,20,22H,2,7-13,16-18H2,1H3,(H,31,34)/t20-,22+/m1/s1. The summed E-state index contributed by atoms with van der Waals surface area (Å²) >= 11 is 1.69. The molecule has 1 aromatic carbocycles. The summed E-state index contributed by atoms with van der Waals surface area (Å²) in [6, 6.07) is 5.50. The summed E-state index contributed by atoms with van der Waals surface area (Å²) in [5.41, 5.74) is -1.72. The molecular formula is C27H34F3N3O5S2. The van der Waals surface area contributed by atoms with E-state index in [9.17, 15) is 26.4 Å². The lowest BCUT2D eigenvalue weighted by atomic mass is 9.84. The normalized spacial score (nSPS) is 25.4. The van der Waals surface area contributed by atoms with Gasteiger partial charge in [-0.1, -0.05) is 13.0 Å². The molecule has 220 valence electrons. The van der Waals surface area contributed by atoms with Crippen LogP contribution in [0.4, 0.5) is 13.2 Å². The molecule has 1 N–H and O–H groups in total. The second-order valence-electron chi connectivity index (χ2n) is 10.7. The van der Waals surface area contributed by atoms with Gasteiger partial charge in [-0.3, -0.25) is 9.69 Å². The van der Waals surface area contributed by atoms with Gasteiger partial charge >= 0.3 is 6.18 Å². The third kappa shape index (κ3) is 6.18.